The van der Waals surface area contributed by atoms with E-state index in [4.69, 9.17) is 15.2 Å². The molecule has 2 N–H and O–H groups in total. The summed E-state index contributed by atoms with van der Waals surface area (Å²) < 4.78 is 12.9. The van der Waals surface area contributed by atoms with Gasteiger partial charge in [-0.05, 0) is 30.9 Å². The number of aromatic nitrogens is 3. The second-order valence-electron chi connectivity index (χ2n) is 5.53. The predicted molar refractivity (Wildman–Crippen MR) is 90.1 cm³/mol. The minimum Gasteiger partial charge on any atom is -0.497 e. The standard InChI is InChI=1S/C16H22N4O2S/c1-21-14-6-2-5-13(8-14)20-15(9-17)18-19-16(20)23-11-12-4-3-7-22-10-12/h2,5-6,8,12H,3-4,7,9-11,17H2,1H3/t12-/m0/s1. The maximum atomic E-state index is 5.83. The van der Waals surface area contributed by atoms with Crippen LogP contribution in [0.4, 0.5) is 0 Å². The van der Waals surface area contributed by atoms with Crippen LogP contribution in [-0.2, 0) is 11.3 Å². The fourth-order valence-corrected chi connectivity index (χ4v) is 3.75. The number of hydrogen-bond acceptors (Lipinski definition) is 6. The van der Waals surface area contributed by atoms with Crippen molar-refractivity contribution in [3.05, 3.63) is 30.1 Å². The predicted octanol–water partition coefficient (Wildman–Crippen LogP) is 2.25. The third-order valence-electron chi connectivity index (χ3n) is 3.90. The molecule has 1 aromatic carbocycles. The molecule has 1 aliphatic rings. The molecule has 23 heavy (non-hydrogen) atoms. The second kappa shape index (κ2) is 7.81. The molecule has 124 valence electrons. The molecule has 0 saturated carbocycles. The van der Waals surface area contributed by atoms with Crippen molar-refractivity contribution in [2.75, 3.05) is 26.1 Å². The molecule has 0 radical (unpaired) electrons. The van der Waals surface area contributed by atoms with E-state index in [0.29, 0.717) is 12.5 Å². The Morgan fingerprint density at radius 3 is 3.09 bits per heavy atom. The Kier molecular flexibility index (Phi) is 5.53. The van der Waals surface area contributed by atoms with Gasteiger partial charge in [0.2, 0.25) is 0 Å². The first-order valence-corrected chi connectivity index (χ1v) is 8.79. The third kappa shape index (κ3) is 3.85. The average Bonchev–Trinajstić information content (AvgIpc) is 3.04. The maximum absolute atomic E-state index is 5.83. The number of ether oxygens (including phenoxy) is 2. The van der Waals surface area contributed by atoms with E-state index in [0.717, 1.165) is 47.8 Å². The van der Waals surface area contributed by atoms with Gasteiger partial charge in [0, 0.05) is 18.4 Å². The normalized spacial score (nSPS) is 18.1. The maximum Gasteiger partial charge on any atom is 0.195 e. The molecule has 0 aliphatic carbocycles. The van der Waals surface area contributed by atoms with Gasteiger partial charge in [0.1, 0.15) is 5.75 Å². The van der Waals surface area contributed by atoms with Crippen molar-refractivity contribution in [2.45, 2.75) is 24.5 Å². The van der Waals surface area contributed by atoms with E-state index < -0.39 is 0 Å². The zero-order valence-corrected chi connectivity index (χ0v) is 14.1. The summed E-state index contributed by atoms with van der Waals surface area (Å²) in [6, 6.07) is 7.86. The quantitative estimate of drug-likeness (QED) is 0.817. The van der Waals surface area contributed by atoms with Crippen molar-refractivity contribution in [2.24, 2.45) is 11.7 Å². The topological polar surface area (TPSA) is 75.2 Å². The molecule has 1 aliphatic heterocycles. The lowest BCUT2D eigenvalue weighted by Gasteiger charge is -2.21. The lowest BCUT2D eigenvalue weighted by Crippen LogP contribution is -2.19. The largest absolute Gasteiger partial charge is 0.497 e. The zero-order valence-electron chi connectivity index (χ0n) is 13.3. The van der Waals surface area contributed by atoms with Crippen molar-refractivity contribution >= 4 is 11.8 Å². The monoisotopic (exact) mass is 334 g/mol. The molecule has 0 bridgehead atoms. The van der Waals surface area contributed by atoms with E-state index in [9.17, 15) is 0 Å². The van der Waals surface area contributed by atoms with Gasteiger partial charge >= 0.3 is 0 Å². The van der Waals surface area contributed by atoms with E-state index in [1.165, 1.54) is 6.42 Å². The van der Waals surface area contributed by atoms with E-state index in [-0.39, 0.29) is 0 Å². The number of nitrogens with zero attached hydrogens (tertiary/aromatic N) is 3. The number of hydrogen-bond donors (Lipinski definition) is 1. The van der Waals surface area contributed by atoms with Crippen molar-refractivity contribution in [3.8, 4) is 11.4 Å². The molecule has 1 atom stereocenters. The SMILES string of the molecule is COc1cccc(-n2c(CN)nnc2SC[C@H]2CCCOC2)c1. The fraction of sp³-hybridized carbons (Fsp3) is 0.500. The Labute approximate surface area is 140 Å². The Hall–Kier alpha value is -1.57. The van der Waals surface area contributed by atoms with Crippen molar-refractivity contribution in [1.29, 1.82) is 0 Å². The molecule has 0 amide bonds. The van der Waals surface area contributed by atoms with Crippen LogP contribution in [0.15, 0.2) is 29.4 Å². The number of thioether (sulfide) groups is 1. The Balaban J connectivity index is 1.81. The first-order valence-electron chi connectivity index (χ1n) is 7.81. The summed E-state index contributed by atoms with van der Waals surface area (Å²) in [7, 11) is 1.66. The summed E-state index contributed by atoms with van der Waals surface area (Å²) in [6.45, 7) is 2.07. The number of rotatable bonds is 6. The van der Waals surface area contributed by atoms with Gasteiger partial charge in [-0.1, -0.05) is 17.8 Å². The first-order chi connectivity index (χ1) is 11.3. The van der Waals surface area contributed by atoms with Crippen LogP contribution in [0.5, 0.6) is 5.75 Å². The van der Waals surface area contributed by atoms with Gasteiger partial charge in [0.25, 0.3) is 0 Å². The highest BCUT2D eigenvalue weighted by Crippen LogP contribution is 2.27. The molecule has 3 rings (SSSR count). The van der Waals surface area contributed by atoms with Gasteiger partial charge in [-0.3, -0.25) is 4.57 Å². The summed E-state index contributed by atoms with van der Waals surface area (Å²) in [4.78, 5) is 0. The van der Waals surface area contributed by atoms with E-state index in [1.54, 1.807) is 18.9 Å². The summed E-state index contributed by atoms with van der Waals surface area (Å²) in [5.74, 6) is 3.11. The van der Waals surface area contributed by atoms with Crippen LogP contribution in [0, 0.1) is 5.92 Å². The highest BCUT2D eigenvalue weighted by Gasteiger charge is 2.18. The summed E-state index contributed by atoms with van der Waals surface area (Å²) >= 11 is 1.71. The van der Waals surface area contributed by atoms with Gasteiger partial charge in [-0.25, -0.2) is 0 Å². The lowest BCUT2D eigenvalue weighted by atomic mass is 10.1. The minimum absolute atomic E-state index is 0.345. The third-order valence-corrected chi connectivity index (χ3v) is 5.06. The van der Waals surface area contributed by atoms with Crippen molar-refractivity contribution < 1.29 is 9.47 Å². The first kappa shape index (κ1) is 16.3. The fourth-order valence-electron chi connectivity index (χ4n) is 2.67. The zero-order chi connectivity index (χ0) is 16.1. The van der Waals surface area contributed by atoms with E-state index >= 15 is 0 Å². The lowest BCUT2D eigenvalue weighted by molar-refractivity contribution is 0.0632. The molecular formula is C16H22N4O2S. The van der Waals surface area contributed by atoms with Gasteiger partial charge in [0.15, 0.2) is 11.0 Å². The molecule has 1 aromatic heterocycles. The van der Waals surface area contributed by atoms with Crippen LogP contribution in [0.3, 0.4) is 0 Å². The van der Waals surface area contributed by atoms with Crippen LogP contribution < -0.4 is 10.5 Å². The van der Waals surface area contributed by atoms with Gasteiger partial charge in [-0.2, -0.15) is 0 Å². The van der Waals surface area contributed by atoms with Crippen LogP contribution in [-0.4, -0.2) is 40.8 Å². The van der Waals surface area contributed by atoms with E-state index in [1.807, 2.05) is 28.8 Å². The van der Waals surface area contributed by atoms with Crippen molar-refractivity contribution in [3.63, 3.8) is 0 Å². The van der Waals surface area contributed by atoms with Crippen molar-refractivity contribution in [1.82, 2.24) is 14.8 Å². The van der Waals surface area contributed by atoms with Gasteiger partial charge < -0.3 is 15.2 Å². The molecular weight excluding hydrogens is 312 g/mol. The highest BCUT2D eigenvalue weighted by molar-refractivity contribution is 7.99. The highest BCUT2D eigenvalue weighted by atomic mass is 32.2. The summed E-state index contributed by atoms with van der Waals surface area (Å²) in [5.41, 5.74) is 6.80. The van der Waals surface area contributed by atoms with E-state index in [2.05, 4.69) is 10.2 Å². The van der Waals surface area contributed by atoms with Crippen LogP contribution in [0.2, 0.25) is 0 Å². The van der Waals surface area contributed by atoms with Crippen LogP contribution >= 0.6 is 11.8 Å². The van der Waals surface area contributed by atoms with Crippen LogP contribution in [0.25, 0.3) is 5.69 Å². The summed E-state index contributed by atoms with van der Waals surface area (Å²) in [5, 5.41) is 9.41. The van der Waals surface area contributed by atoms with Gasteiger partial charge in [0.05, 0.1) is 25.9 Å². The van der Waals surface area contributed by atoms with Gasteiger partial charge in [-0.15, -0.1) is 10.2 Å². The Morgan fingerprint density at radius 1 is 1.43 bits per heavy atom. The molecule has 6 nitrogen and oxygen atoms in total. The molecule has 2 heterocycles. The molecule has 7 heteroatoms. The Morgan fingerprint density at radius 2 is 2.35 bits per heavy atom. The molecule has 2 aromatic rings. The number of nitrogens with two attached hydrogens (primary N) is 1. The number of benzene rings is 1. The second-order valence-corrected chi connectivity index (χ2v) is 6.52. The number of methoxy groups -OCH3 is 1. The van der Waals surface area contributed by atoms with Crippen LogP contribution in [0.1, 0.15) is 18.7 Å². The molecule has 1 saturated heterocycles. The molecule has 1 fully saturated rings. The smallest absolute Gasteiger partial charge is 0.195 e. The minimum atomic E-state index is 0.345. The molecule has 0 spiro atoms. The Bertz CT molecular complexity index is 641. The molecule has 0 unspecified atom stereocenters. The summed E-state index contributed by atoms with van der Waals surface area (Å²) in [6.07, 6.45) is 2.35. The average molecular weight is 334 g/mol.